The quantitative estimate of drug-likeness (QED) is 0.815. The predicted molar refractivity (Wildman–Crippen MR) is 99.2 cm³/mol. The number of amides is 2. The summed E-state index contributed by atoms with van der Waals surface area (Å²) in [7, 11) is 0. The van der Waals surface area contributed by atoms with Crippen LogP contribution in [0.25, 0.3) is 0 Å². The van der Waals surface area contributed by atoms with Crippen LogP contribution in [0.4, 0.5) is 0 Å². The molecule has 3 fully saturated rings. The van der Waals surface area contributed by atoms with Gasteiger partial charge in [-0.15, -0.1) is 0 Å². The predicted octanol–water partition coefficient (Wildman–Crippen LogP) is 3.09. The van der Waals surface area contributed by atoms with Gasteiger partial charge in [0.2, 0.25) is 5.91 Å². The summed E-state index contributed by atoms with van der Waals surface area (Å²) in [5, 5.41) is 0. The second-order valence-corrected chi connectivity index (χ2v) is 7.79. The Hall–Kier alpha value is -2.04. The van der Waals surface area contributed by atoms with Crippen LogP contribution in [-0.4, -0.2) is 53.9 Å². The number of rotatable bonds is 5. The lowest BCUT2D eigenvalue weighted by Gasteiger charge is -2.32. The molecule has 1 atom stereocenters. The van der Waals surface area contributed by atoms with Gasteiger partial charge < -0.3 is 14.5 Å². The van der Waals surface area contributed by atoms with E-state index < -0.39 is 0 Å². The van der Waals surface area contributed by atoms with Crippen LogP contribution in [0.3, 0.4) is 0 Å². The van der Waals surface area contributed by atoms with Gasteiger partial charge in [0.05, 0.1) is 6.04 Å². The van der Waals surface area contributed by atoms with Crippen LogP contribution in [0, 0.1) is 5.92 Å². The molecule has 5 nitrogen and oxygen atoms in total. The Kier molecular flexibility index (Phi) is 5.14. The van der Waals surface area contributed by atoms with E-state index in [1.54, 1.807) is 0 Å². The maximum absolute atomic E-state index is 12.5. The maximum Gasteiger partial charge on any atom is 0.253 e. The number of carbonyl (C=O) groups excluding carboxylic acids is 2. The fourth-order valence-electron chi connectivity index (χ4n) is 4.18. The van der Waals surface area contributed by atoms with Gasteiger partial charge in [-0.1, -0.05) is 6.42 Å². The van der Waals surface area contributed by atoms with Crippen molar-refractivity contribution in [2.24, 2.45) is 5.92 Å². The summed E-state index contributed by atoms with van der Waals surface area (Å²) in [5.41, 5.74) is 0.724. The van der Waals surface area contributed by atoms with E-state index in [2.05, 4.69) is 0 Å². The largest absolute Gasteiger partial charge is 0.491 e. The number of ether oxygens (including phenoxy) is 1. The summed E-state index contributed by atoms with van der Waals surface area (Å²) >= 11 is 0. The minimum atomic E-state index is 0.113. The van der Waals surface area contributed by atoms with E-state index in [1.165, 1.54) is 6.42 Å². The molecule has 0 radical (unpaired) electrons. The van der Waals surface area contributed by atoms with Gasteiger partial charge in [0.1, 0.15) is 12.4 Å². The van der Waals surface area contributed by atoms with E-state index in [9.17, 15) is 9.59 Å². The van der Waals surface area contributed by atoms with E-state index in [1.807, 2.05) is 34.1 Å². The summed E-state index contributed by atoms with van der Waals surface area (Å²) in [6.07, 6.45) is 7.58. The molecule has 26 heavy (non-hydrogen) atoms. The van der Waals surface area contributed by atoms with Crippen molar-refractivity contribution in [3.8, 4) is 5.75 Å². The minimum Gasteiger partial charge on any atom is -0.491 e. The van der Waals surface area contributed by atoms with Gasteiger partial charge in [0.15, 0.2) is 0 Å². The lowest BCUT2D eigenvalue weighted by atomic mass is 9.84. The molecule has 3 aliphatic rings. The van der Waals surface area contributed by atoms with Crippen LogP contribution in [0.1, 0.15) is 55.3 Å². The number of carbonyl (C=O) groups is 2. The van der Waals surface area contributed by atoms with Crippen LogP contribution in [0.2, 0.25) is 0 Å². The number of benzene rings is 1. The van der Waals surface area contributed by atoms with Crippen molar-refractivity contribution in [3.05, 3.63) is 29.8 Å². The van der Waals surface area contributed by atoms with Gasteiger partial charge in [0, 0.05) is 31.1 Å². The van der Waals surface area contributed by atoms with Gasteiger partial charge in [-0.25, -0.2) is 0 Å². The van der Waals surface area contributed by atoms with Gasteiger partial charge in [-0.3, -0.25) is 9.59 Å². The van der Waals surface area contributed by atoms with Crippen molar-refractivity contribution >= 4 is 11.8 Å². The Balaban J connectivity index is 1.31. The first-order valence-corrected chi connectivity index (χ1v) is 10.0. The number of hydrogen-bond acceptors (Lipinski definition) is 3. The minimum absolute atomic E-state index is 0.113. The molecule has 2 saturated heterocycles. The molecule has 2 heterocycles. The van der Waals surface area contributed by atoms with E-state index >= 15 is 0 Å². The highest BCUT2D eigenvalue weighted by atomic mass is 16.5. The molecule has 0 N–H and O–H groups in total. The highest BCUT2D eigenvalue weighted by molar-refractivity contribution is 5.94. The van der Waals surface area contributed by atoms with Crippen molar-refractivity contribution in [1.82, 2.24) is 9.80 Å². The lowest BCUT2D eigenvalue weighted by molar-refractivity contribution is -0.139. The summed E-state index contributed by atoms with van der Waals surface area (Å²) < 4.78 is 5.94. The van der Waals surface area contributed by atoms with Crippen molar-refractivity contribution in [3.63, 3.8) is 0 Å². The van der Waals surface area contributed by atoms with Crippen molar-refractivity contribution in [2.45, 2.75) is 51.0 Å². The fraction of sp³-hybridized carbons (Fsp3) is 0.619. The molecule has 2 amide bonds. The first-order valence-electron chi connectivity index (χ1n) is 10.0. The zero-order chi connectivity index (χ0) is 17.9. The Morgan fingerprint density at radius 2 is 1.65 bits per heavy atom. The summed E-state index contributed by atoms with van der Waals surface area (Å²) in [6, 6.07) is 7.63. The van der Waals surface area contributed by atoms with Gasteiger partial charge in [0.25, 0.3) is 5.91 Å². The third kappa shape index (κ3) is 3.57. The highest BCUT2D eigenvalue weighted by Gasteiger charge is 2.35. The monoisotopic (exact) mass is 356 g/mol. The Morgan fingerprint density at radius 3 is 2.31 bits per heavy atom. The average molecular weight is 356 g/mol. The van der Waals surface area contributed by atoms with Crippen molar-refractivity contribution < 1.29 is 14.3 Å². The molecule has 1 aliphatic carbocycles. The third-order valence-corrected chi connectivity index (χ3v) is 6.05. The zero-order valence-corrected chi connectivity index (χ0v) is 15.4. The lowest BCUT2D eigenvalue weighted by Crippen LogP contribution is -2.44. The fourth-order valence-corrected chi connectivity index (χ4v) is 4.18. The molecule has 140 valence electrons. The summed E-state index contributed by atoms with van der Waals surface area (Å²) in [5.74, 6) is 1.47. The molecule has 2 aliphatic heterocycles. The number of likely N-dealkylation sites (tertiary alicyclic amines) is 2. The Bertz CT molecular complexity index is 648. The summed E-state index contributed by atoms with van der Waals surface area (Å²) in [4.78, 5) is 28.9. The zero-order valence-electron chi connectivity index (χ0n) is 15.4. The first kappa shape index (κ1) is 17.4. The van der Waals surface area contributed by atoms with E-state index in [-0.39, 0.29) is 17.9 Å². The molecule has 5 heteroatoms. The SMILES string of the molecule is O=C(c1ccc(OCC2CCCN2C(=O)C2CCC2)cc1)N1CCCC1. The highest BCUT2D eigenvalue weighted by Crippen LogP contribution is 2.31. The first-order chi connectivity index (χ1) is 12.7. The van der Waals surface area contributed by atoms with E-state index in [0.29, 0.717) is 12.5 Å². The Labute approximate surface area is 155 Å². The average Bonchev–Trinajstić information content (AvgIpc) is 3.30. The van der Waals surface area contributed by atoms with E-state index in [4.69, 9.17) is 4.74 Å². The second kappa shape index (κ2) is 7.68. The third-order valence-electron chi connectivity index (χ3n) is 6.05. The number of nitrogens with zero attached hydrogens (tertiary/aromatic N) is 2. The van der Waals surface area contributed by atoms with Gasteiger partial charge in [-0.05, 0) is 62.8 Å². The maximum atomic E-state index is 12.5. The summed E-state index contributed by atoms with van der Waals surface area (Å²) in [6.45, 7) is 3.14. The molecular formula is C21H28N2O3. The molecule has 1 aromatic rings. The van der Waals surface area contributed by atoms with Crippen LogP contribution < -0.4 is 4.74 Å². The number of hydrogen-bond donors (Lipinski definition) is 0. The standard InChI is InChI=1S/C21H28N2O3/c24-20(22-12-1-2-13-22)17-8-10-19(11-9-17)26-15-18-7-4-14-23(18)21(25)16-5-3-6-16/h8-11,16,18H,1-7,12-15H2. The van der Waals surface area contributed by atoms with E-state index in [0.717, 1.165) is 69.5 Å². The molecule has 0 spiro atoms. The van der Waals surface area contributed by atoms with Gasteiger partial charge in [-0.2, -0.15) is 0 Å². The molecule has 1 aromatic carbocycles. The molecule has 0 aromatic heterocycles. The van der Waals surface area contributed by atoms with Crippen LogP contribution in [0.5, 0.6) is 5.75 Å². The molecular weight excluding hydrogens is 328 g/mol. The Morgan fingerprint density at radius 1 is 0.923 bits per heavy atom. The van der Waals surface area contributed by atoms with Crippen LogP contribution >= 0.6 is 0 Å². The molecule has 1 unspecified atom stereocenters. The van der Waals surface area contributed by atoms with Crippen molar-refractivity contribution in [2.75, 3.05) is 26.2 Å². The molecule has 1 saturated carbocycles. The van der Waals surface area contributed by atoms with Crippen molar-refractivity contribution in [1.29, 1.82) is 0 Å². The topological polar surface area (TPSA) is 49.9 Å². The van der Waals surface area contributed by atoms with Crippen LogP contribution in [-0.2, 0) is 4.79 Å². The molecule has 4 rings (SSSR count). The van der Waals surface area contributed by atoms with Gasteiger partial charge >= 0.3 is 0 Å². The second-order valence-electron chi connectivity index (χ2n) is 7.79. The smallest absolute Gasteiger partial charge is 0.253 e. The normalized spacial score (nSPS) is 23.2. The van der Waals surface area contributed by atoms with Crippen LogP contribution in [0.15, 0.2) is 24.3 Å². The molecule has 0 bridgehead atoms.